The number of aliphatic carboxylic acids is 1. The second-order valence-corrected chi connectivity index (χ2v) is 13.3. The summed E-state index contributed by atoms with van der Waals surface area (Å²) in [6, 6.07) is 0. The number of unbranched alkanes of at least 4 members (excludes halogenated alkanes) is 20. The lowest BCUT2D eigenvalue weighted by Gasteiger charge is -2.18. The van der Waals surface area contributed by atoms with Gasteiger partial charge in [-0.3, -0.25) is 19.2 Å². The van der Waals surface area contributed by atoms with Crippen molar-refractivity contribution in [2.75, 3.05) is 13.2 Å². The van der Waals surface area contributed by atoms with Crippen molar-refractivity contribution in [3.8, 4) is 0 Å². The molecular weight excluding hydrogens is 620 g/mol. The van der Waals surface area contributed by atoms with Gasteiger partial charge in [-0.15, -0.1) is 0 Å². The predicted molar refractivity (Wildman–Crippen MR) is 198 cm³/mol. The Kier molecular flexibility index (Phi) is 34.7. The molecule has 1 atom stereocenters. The largest absolute Gasteiger partial charge is 0.481 e. The van der Waals surface area contributed by atoms with Crippen LogP contribution in [0.3, 0.4) is 0 Å². The first-order valence-electron chi connectivity index (χ1n) is 19.9. The molecule has 0 aliphatic carbocycles. The minimum Gasteiger partial charge on any atom is -0.481 e. The second kappa shape index (κ2) is 36.6. The van der Waals surface area contributed by atoms with E-state index in [4.69, 9.17) is 19.3 Å². The van der Waals surface area contributed by atoms with Gasteiger partial charge in [0.2, 0.25) is 0 Å². The van der Waals surface area contributed by atoms with Crippen LogP contribution < -0.4 is 0 Å². The Morgan fingerprint density at radius 1 is 0.449 bits per heavy atom. The summed E-state index contributed by atoms with van der Waals surface area (Å²) in [7, 11) is 0. The molecule has 8 heteroatoms. The standard InChI is InChI=1S/C41H72O8/c1-3-5-7-9-11-13-15-17-19-21-23-25-27-29-31-39(44)47-35-37(36-48-40(45)34-33-38(42)43)49-41(46)32-30-28-26-24-22-20-18-16-14-12-10-8-6-4-2/h17-20,37H,3-16,21-36H2,1-2H3,(H,42,43)/b19-17-,20-18-. The average Bonchev–Trinajstić information content (AvgIpc) is 3.08. The Balaban J connectivity index is 4.20. The first-order chi connectivity index (χ1) is 23.9. The molecule has 0 radical (unpaired) electrons. The van der Waals surface area contributed by atoms with Crippen molar-refractivity contribution in [2.45, 2.75) is 200 Å². The third-order valence-corrected chi connectivity index (χ3v) is 8.49. The van der Waals surface area contributed by atoms with E-state index in [1.54, 1.807) is 0 Å². The summed E-state index contributed by atoms with van der Waals surface area (Å²) < 4.78 is 16.0. The van der Waals surface area contributed by atoms with Crippen LogP contribution in [0.4, 0.5) is 0 Å². The highest BCUT2D eigenvalue weighted by molar-refractivity contribution is 5.76. The van der Waals surface area contributed by atoms with Crippen molar-refractivity contribution < 1.29 is 38.5 Å². The van der Waals surface area contributed by atoms with Crippen molar-refractivity contribution in [3.05, 3.63) is 24.3 Å². The van der Waals surface area contributed by atoms with Crippen molar-refractivity contribution in [1.82, 2.24) is 0 Å². The minimum absolute atomic E-state index is 0.203. The second-order valence-electron chi connectivity index (χ2n) is 13.3. The molecule has 0 aliphatic rings. The lowest BCUT2D eigenvalue weighted by Crippen LogP contribution is -2.31. The molecule has 49 heavy (non-hydrogen) atoms. The molecule has 0 aliphatic heterocycles. The summed E-state index contributed by atoms with van der Waals surface area (Å²) in [5.74, 6) is -2.60. The van der Waals surface area contributed by atoms with E-state index in [1.807, 2.05) is 0 Å². The van der Waals surface area contributed by atoms with Gasteiger partial charge in [0.1, 0.15) is 13.2 Å². The maximum absolute atomic E-state index is 12.5. The Labute approximate surface area is 299 Å². The van der Waals surface area contributed by atoms with Gasteiger partial charge in [-0.25, -0.2) is 0 Å². The van der Waals surface area contributed by atoms with Crippen molar-refractivity contribution in [1.29, 1.82) is 0 Å². The molecular formula is C41H72O8. The molecule has 0 spiro atoms. The van der Waals surface area contributed by atoms with E-state index in [0.717, 1.165) is 70.6 Å². The quantitative estimate of drug-likeness (QED) is 0.0298. The van der Waals surface area contributed by atoms with Crippen molar-refractivity contribution >= 4 is 23.9 Å². The molecule has 284 valence electrons. The number of carbonyl (C=O) groups is 4. The van der Waals surface area contributed by atoms with Gasteiger partial charge in [0.25, 0.3) is 0 Å². The highest BCUT2D eigenvalue weighted by Crippen LogP contribution is 2.12. The zero-order valence-corrected chi connectivity index (χ0v) is 31.4. The third-order valence-electron chi connectivity index (χ3n) is 8.49. The Bertz CT molecular complexity index is 866. The van der Waals surface area contributed by atoms with Crippen LogP contribution in [0.1, 0.15) is 194 Å². The van der Waals surface area contributed by atoms with Crippen LogP contribution in [0.2, 0.25) is 0 Å². The lowest BCUT2D eigenvalue weighted by molar-refractivity contribution is -0.167. The number of ether oxygens (including phenoxy) is 3. The van der Waals surface area contributed by atoms with Crippen LogP contribution in [0.25, 0.3) is 0 Å². The Morgan fingerprint density at radius 3 is 1.20 bits per heavy atom. The smallest absolute Gasteiger partial charge is 0.306 e. The maximum atomic E-state index is 12.5. The lowest BCUT2D eigenvalue weighted by atomic mass is 10.1. The molecule has 8 nitrogen and oxygen atoms in total. The molecule has 0 heterocycles. The van der Waals surface area contributed by atoms with E-state index in [0.29, 0.717) is 6.42 Å². The molecule has 0 bridgehead atoms. The monoisotopic (exact) mass is 693 g/mol. The van der Waals surface area contributed by atoms with E-state index in [-0.39, 0.29) is 44.9 Å². The maximum Gasteiger partial charge on any atom is 0.306 e. The number of esters is 3. The fourth-order valence-corrected chi connectivity index (χ4v) is 5.41. The summed E-state index contributed by atoms with van der Waals surface area (Å²) in [4.78, 5) is 47.5. The average molecular weight is 693 g/mol. The van der Waals surface area contributed by atoms with Crippen molar-refractivity contribution in [3.63, 3.8) is 0 Å². The number of rotatable bonds is 36. The van der Waals surface area contributed by atoms with Gasteiger partial charge in [0.05, 0.1) is 12.8 Å². The summed E-state index contributed by atoms with van der Waals surface area (Å²) in [5, 5.41) is 8.79. The van der Waals surface area contributed by atoms with E-state index < -0.39 is 24.0 Å². The molecule has 0 aromatic heterocycles. The van der Waals surface area contributed by atoms with E-state index in [9.17, 15) is 19.2 Å². The molecule has 0 rings (SSSR count). The summed E-state index contributed by atoms with van der Waals surface area (Å²) in [6.07, 6.45) is 35.9. The van der Waals surface area contributed by atoms with Crippen molar-refractivity contribution in [2.24, 2.45) is 0 Å². The van der Waals surface area contributed by atoms with Gasteiger partial charge >= 0.3 is 23.9 Å². The zero-order valence-electron chi connectivity index (χ0n) is 31.4. The summed E-state index contributed by atoms with van der Waals surface area (Å²) >= 11 is 0. The molecule has 1 unspecified atom stereocenters. The molecule has 0 amide bonds. The summed E-state index contributed by atoms with van der Waals surface area (Å²) in [6.45, 7) is 3.99. The van der Waals surface area contributed by atoms with Gasteiger partial charge < -0.3 is 19.3 Å². The normalized spacial score (nSPS) is 12.0. The van der Waals surface area contributed by atoms with Crippen LogP contribution in [-0.4, -0.2) is 48.3 Å². The molecule has 1 N–H and O–H groups in total. The van der Waals surface area contributed by atoms with Crippen LogP contribution in [0, 0.1) is 0 Å². The van der Waals surface area contributed by atoms with Gasteiger partial charge in [-0.1, -0.05) is 128 Å². The Morgan fingerprint density at radius 2 is 0.796 bits per heavy atom. The molecule has 0 saturated carbocycles. The SMILES string of the molecule is CCCCCCCC/C=C\CCCCCCC(=O)OCC(COC(=O)CCC(=O)O)OC(=O)CCCCCC/C=C\CCCCCCCC. The highest BCUT2D eigenvalue weighted by Gasteiger charge is 2.20. The molecule has 0 aromatic rings. The molecule has 0 saturated heterocycles. The number of carbonyl (C=O) groups excluding carboxylic acids is 3. The van der Waals surface area contributed by atoms with Gasteiger partial charge in [-0.2, -0.15) is 0 Å². The van der Waals surface area contributed by atoms with Crippen LogP contribution in [0.15, 0.2) is 24.3 Å². The van der Waals surface area contributed by atoms with Gasteiger partial charge in [-0.05, 0) is 64.2 Å². The van der Waals surface area contributed by atoms with E-state index in [2.05, 4.69) is 38.2 Å². The zero-order chi connectivity index (χ0) is 36.0. The number of allylic oxidation sites excluding steroid dienone is 4. The van der Waals surface area contributed by atoms with E-state index in [1.165, 1.54) is 77.0 Å². The first kappa shape index (κ1) is 46.4. The highest BCUT2D eigenvalue weighted by atomic mass is 16.6. The van der Waals surface area contributed by atoms with E-state index >= 15 is 0 Å². The van der Waals surface area contributed by atoms with Crippen LogP contribution in [-0.2, 0) is 33.4 Å². The number of hydrogen-bond acceptors (Lipinski definition) is 7. The fraction of sp³-hybridized carbons (Fsp3) is 0.805. The summed E-state index contributed by atoms with van der Waals surface area (Å²) in [5.41, 5.74) is 0. The van der Waals surface area contributed by atoms with Gasteiger partial charge in [0, 0.05) is 12.8 Å². The molecule has 0 aromatic carbocycles. The number of carboxylic acid groups (broad SMARTS) is 1. The third kappa shape index (κ3) is 36.5. The van der Waals surface area contributed by atoms with Gasteiger partial charge in [0.15, 0.2) is 6.10 Å². The van der Waals surface area contributed by atoms with Crippen LogP contribution in [0.5, 0.6) is 0 Å². The topological polar surface area (TPSA) is 116 Å². The predicted octanol–water partition coefficient (Wildman–Crippen LogP) is 11.1. The fourth-order valence-electron chi connectivity index (χ4n) is 5.41. The number of carboxylic acids is 1. The number of hydrogen-bond donors (Lipinski definition) is 1. The first-order valence-corrected chi connectivity index (χ1v) is 19.9. The molecule has 0 fully saturated rings. The van der Waals surface area contributed by atoms with Crippen LogP contribution >= 0.6 is 0 Å². The Hall–Kier alpha value is -2.64. The minimum atomic E-state index is -1.10.